The maximum Gasteiger partial charge on any atom is 0.243 e. The van der Waals surface area contributed by atoms with Crippen LogP contribution in [0.3, 0.4) is 0 Å². The van der Waals surface area contributed by atoms with Gasteiger partial charge in [-0.2, -0.15) is 4.31 Å². The van der Waals surface area contributed by atoms with Gasteiger partial charge in [-0.25, -0.2) is 13.4 Å². The Morgan fingerprint density at radius 1 is 1.17 bits per heavy atom. The van der Waals surface area contributed by atoms with Crippen LogP contribution in [0.1, 0.15) is 23.0 Å². The highest BCUT2D eigenvalue weighted by molar-refractivity contribution is 7.89. The van der Waals surface area contributed by atoms with Crippen LogP contribution < -0.4 is 4.74 Å². The minimum absolute atomic E-state index is 0.0954. The second-order valence-corrected chi connectivity index (χ2v) is 7.70. The maximum atomic E-state index is 12.5. The number of ketones is 1. The van der Waals surface area contributed by atoms with E-state index in [1.807, 2.05) is 19.1 Å². The summed E-state index contributed by atoms with van der Waals surface area (Å²) < 4.78 is 32.1. The summed E-state index contributed by atoms with van der Waals surface area (Å²) in [7, 11) is -3.56. The number of hydrogen-bond donors (Lipinski definition) is 0. The van der Waals surface area contributed by atoms with E-state index in [-0.39, 0.29) is 29.9 Å². The van der Waals surface area contributed by atoms with E-state index < -0.39 is 10.0 Å². The zero-order chi connectivity index (χ0) is 17.3. The van der Waals surface area contributed by atoms with Gasteiger partial charge in [0.05, 0.1) is 18.0 Å². The van der Waals surface area contributed by atoms with Crippen LogP contribution in [0.15, 0.2) is 47.4 Å². The molecule has 126 valence electrons. The molecule has 1 aromatic heterocycles. The Bertz CT molecular complexity index is 856. The first-order valence-corrected chi connectivity index (χ1v) is 9.02. The van der Waals surface area contributed by atoms with E-state index in [0.29, 0.717) is 11.4 Å². The van der Waals surface area contributed by atoms with Crippen molar-refractivity contribution in [3.8, 4) is 5.88 Å². The summed E-state index contributed by atoms with van der Waals surface area (Å²) in [5.74, 6) is 0.407. The zero-order valence-electron chi connectivity index (χ0n) is 13.5. The Labute approximate surface area is 141 Å². The van der Waals surface area contributed by atoms with Crippen LogP contribution in [-0.4, -0.2) is 42.7 Å². The van der Waals surface area contributed by atoms with Gasteiger partial charge in [-0.05, 0) is 32.0 Å². The number of aryl methyl sites for hydroxylation is 1. The molecule has 24 heavy (non-hydrogen) atoms. The second-order valence-electron chi connectivity index (χ2n) is 5.76. The van der Waals surface area contributed by atoms with Crippen molar-refractivity contribution in [3.05, 3.63) is 53.7 Å². The molecular weight excluding hydrogens is 328 g/mol. The van der Waals surface area contributed by atoms with Crippen molar-refractivity contribution in [2.75, 3.05) is 13.1 Å². The minimum atomic E-state index is -3.56. The lowest BCUT2D eigenvalue weighted by atomic mass is 10.2. The molecule has 3 rings (SSSR count). The summed E-state index contributed by atoms with van der Waals surface area (Å²) in [5.41, 5.74) is 1.34. The summed E-state index contributed by atoms with van der Waals surface area (Å²) in [5, 5.41) is 0. The van der Waals surface area contributed by atoms with Crippen LogP contribution in [0.2, 0.25) is 0 Å². The lowest BCUT2D eigenvalue weighted by molar-refractivity contribution is 0.0719. The summed E-state index contributed by atoms with van der Waals surface area (Å²) in [6.45, 7) is 3.88. The van der Waals surface area contributed by atoms with E-state index in [1.165, 1.54) is 35.5 Å². The molecule has 0 saturated carbocycles. The van der Waals surface area contributed by atoms with Gasteiger partial charge in [0, 0.05) is 17.3 Å². The Hall–Kier alpha value is -2.25. The van der Waals surface area contributed by atoms with Gasteiger partial charge in [0.1, 0.15) is 6.10 Å². The largest absolute Gasteiger partial charge is 0.472 e. The van der Waals surface area contributed by atoms with Crippen LogP contribution >= 0.6 is 0 Å². The number of pyridine rings is 1. The highest BCUT2D eigenvalue weighted by Gasteiger charge is 2.38. The third kappa shape index (κ3) is 3.32. The Morgan fingerprint density at radius 3 is 2.42 bits per heavy atom. The van der Waals surface area contributed by atoms with Gasteiger partial charge in [0.2, 0.25) is 15.9 Å². The van der Waals surface area contributed by atoms with Gasteiger partial charge in [0.25, 0.3) is 0 Å². The second kappa shape index (κ2) is 6.33. The molecule has 0 atom stereocenters. The van der Waals surface area contributed by atoms with E-state index >= 15 is 0 Å². The van der Waals surface area contributed by atoms with Crippen molar-refractivity contribution >= 4 is 15.8 Å². The van der Waals surface area contributed by atoms with E-state index in [9.17, 15) is 13.2 Å². The highest BCUT2D eigenvalue weighted by Crippen LogP contribution is 2.24. The first-order chi connectivity index (χ1) is 11.4. The van der Waals surface area contributed by atoms with Crippen LogP contribution in [0, 0.1) is 6.92 Å². The summed E-state index contributed by atoms with van der Waals surface area (Å²) in [6, 6.07) is 11.4. The molecule has 2 heterocycles. The molecule has 1 saturated heterocycles. The van der Waals surface area contributed by atoms with E-state index in [4.69, 9.17) is 4.74 Å². The number of sulfonamides is 1. The molecule has 2 aromatic rings. The lowest BCUT2D eigenvalue weighted by Gasteiger charge is -2.37. The van der Waals surface area contributed by atoms with Gasteiger partial charge in [0.15, 0.2) is 5.78 Å². The average molecular weight is 346 g/mol. The molecule has 1 aromatic carbocycles. The van der Waals surface area contributed by atoms with Gasteiger partial charge in [-0.3, -0.25) is 4.79 Å². The summed E-state index contributed by atoms with van der Waals surface area (Å²) >= 11 is 0. The molecule has 1 aliphatic heterocycles. The monoisotopic (exact) mass is 346 g/mol. The molecule has 0 radical (unpaired) electrons. The topological polar surface area (TPSA) is 76.6 Å². The van der Waals surface area contributed by atoms with Gasteiger partial charge >= 0.3 is 0 Å². The normalized spacial score (nSPS) is 15.8. The van der Waals surface area contributed by atoms with Crippen molar-refractivity contribution in [2.24, 2.45) is 0 Å². The summed E-state index contributed by atoms with van der Waals surface area (Å²) in [4.78, 5) is 15.7. The molecular formula is C17H18N2O4S. The zero-order valence-corrected chi connectivity index (χ0v) is 14.3. The van der Waals surface area contributed by atoms with Crippen LogP contribution in [0.5, 0.6) is 5.88 Å². The molecule has 6 nitrogen and oxygen atoms in total. The van der Waals surface area contributed by atoms with Crippen molar-refractivity contribution in [2.45, 2.75) is 24.8 Å². The predicted molar refractivity (Wildman–Crippen MR) is 88.6 cm³/mol. The fourth-order valence-corrected chi connectivity index (χ4v) is 3.94. The molecule has 0 N–H and O–H groups in total. The molecule has 0 bridgehead atoms. The number of Topliss-reactive ketones (excluding diaryl/α,β-unsaturated/α-hetero) is 1. The van der Waals surface area contributed by atoms with E-state index in [2.05, 4.69) is 4.98 Å². The number of benzene rings is 1. The maximum absolute atomic E-state index is 12.5. The van der Waals surface area contributed by atoms with Crippen LogP contribution in [0.25, 0.3) is 0 Å². The SMILES string of the molecule is CC(=O)c1ccc(S(=O)(=O)N2CC(Oc3cccc(C)n3)C2)cc1. The molecule has 0 amide bonds. The smallest absolute Gasteiger partial charge is 0.243 e. The third-order valence-electron chi connectivity index (χ3n) is 3.86. The van der Waals surface area contributed by atoms with Crippen LogP contribution in [-0.2, 0) is 10.0 Å². The number of rotatable bonds is 5. The molecule has 1 fully saturated rings. The number of nitrogens with zero attached hydrogens (tertiary/aromatic N) is 2. The molecule has 0 aliphatic carbocycles. The Morgan fingerprint density at radius 2 is 1.83 bits per heavy atom. The van der Waals surface area contributed by atoms with Crippen LogP contribution in [0.4, 0.5) is 0 Å². The number of aromatic nitrogens is 1. The standard InChI is InChI=1S/C17H18N2O4S/c1-12-4-3-5-17(18-12)23-15-10-19(11-15)24(21,22)16-8-6-14(7-9-16)13(2)20/h3-9,15H,10-11H2,1-2H3. The lowest BCUT2D eigenvalue weighted by Crippen LogP contribution is -2.56. The number of hydrogen-bond acceptors (Lipinski definition) is 5. The Balaban J connectivity index is 1.64. The molecule has 1 aliphatic rings. The van der Waals surface area contributed by atoms with Gasteiger partial charge in [-0.15, -0.1) is 0 Å². The molecule has 7 heteroatoms. The average Bonchev–Trinajstić information content (AvgIpc) is 2.50. The van der Waals surface area contributed by atoms with E-state index in [0.717, 1.165) is 5.69 Å². The van der Waals surface area contributed by atoms with Crippen molar-refractivity contribution in [1.29, 1.82) is 0 Å². The first kappa shape index (κ1) is 16.6. The summed E-state index contributed by atoms with van der Waals surface area (Å²) in [6.07, 6.45) is -0.203. The van der Waals surface area contributed by atoms with Gasteiger partial charge < -0.3 is 4.74 Å². The molecule has 0 unspecified atom stereocenters. The minimum Gasteiger partial charge on any atom is -0.472 e. The number of ether oxygens (including phenoxy) is 1. The van der Waals surface area contributed by atoms with E-state index in [1.54, 1.807) is 6.07 Å². The van der Waals surface area contributed by atoms with Crippen molar-refractivity contribution in [3.63, 3.8) is 0 Å². The highest BCUT2D eigenvalue weighted by atomic mass is 32.2. The Kier molecular flexibility index (Phi) is 4.38. The first-order valence-electron chi connectivity index (χ1n) is 7.58. The van der Waals surface area contributed by atoms with Gasteiger partial charge in [-0.1, -0.05) is 18.2 Å². The van der Waals surface area contributed by atoms with Crippen molar-refractivity contribution < 1.29 is 17.9 Å². The third-order valence-corrected chi connectivity index (χ3v) is 5.71. The number of carbonyl (C=O) groups excluding carboxylic acids is 1. The fourth-order valence-electron chi connectivity index (χ4n) is 2.44. The fraction of sp³-hybridized carbons (Fsp3) is 0.294. The number of carbonyl (C=O) groups is 1. The predicted octanol–water partition coefficient (Wildman–Crippen LogP) is 2.04. The quantitative estimate of drug-likeness (QED) is 0.775. The van der Waals surface area contributed by atoms with Crippen molar-refractivity contribution in [1.82, 2.24) is 9.29 Å². The molecule has 0 spiro atoms.